The van der Waals surface area contributed by atoms with Gasteiger partial charge in [-0.2, -0.15) is 0 Å². The molecule has 0 saturated heterocycles. The van der Waals surface area contributed by atoms with E-state index in [0.717, 1.165) is 0 Å². The largest absolute Gasteiger partial charge is 2.00 e. The maximum absolute atomic E-state index is 7.08. The van der Waals surface area contributed by atoms with Gasteiger partial charge in [0.15, 0.2) is 0 Å². The molecule has 2 nitrogen and oxygen atoms in total. The number of nitrogens with one attached hydrogen (secondary N) is 2. The van der Waals surface area contributed by atoms with Crippen molar-refractivity contribution in [3.8, 4) is 0 Å². The topological polar surface area (TPSA) is 47.6 Å². The fourth-order valence-corrected chi connectivity index (χ4v) is 0. The van der Waals surface area contributed by atoms with Crippen LogP contribution in [0.4, 0.5) is 0 Å². The zero-order chi connectivity index (χ0) is 9.00. The van der Waals surface area contributed by atoms with Crippen LogP contribution in [0.25, 0.3) is 10.8 Å². The first-order valence-electron chi connectivity index (χ1n) is 3.50. The smallest absolute Gasteiger partial charge is 0.680 e. The van der Waals surface area contributed by atoms with Crippen molar-refractivity contribution >= 4 is 62.0 Å². The molecule has 0 aromatic heterocycles. The zero-order valence-electron chi connectivity index (χ0n) is 8.71. The summed E-state index contributed by atoms with van der Waals surface area (Å²) >= 11 is 0. The molecule has 0 atom stereocenters. The molecule has 0 aliphatic rings. The van der Waals surface area contributed by atoms with Crippen molar-refractivity contribution in [1.82, 2.24) is 0 Å². The second kappa shape index (κ2) is 7.26. The van der Waals surface area contributed by atoms with Gasteiger partial charge in [-0.3, -0.25) is 0 Å². The van der Waals surface area contributed by atoms with Gasteiger partial charge in [0.25, 0.3) is 0 Å². The van der Waals surface area contributed by atoms with E-state index in [-0.39, 0.29) is 45.5 Å². The monoisotopic (exact) mass is 264 g/mol. The molecule has 0 amide bonds. The second-order valence-corrected chi connectivity index (χ2v) is 13.5. The third-order valence-corrected chi connectivity index (χ3v) is 0. The van der Waals surface area contributed by atoms with E-state index in [0.29, 0.717) is 0 Å². The van der Waals surface area contributed by atoms with E-state index < -0.39 is 16.5 Å². The second-order valence-electron chi connectivity index (χ2n) is 4.50. The summed E-state index contributed by atoms with van der Waals surface area (Å²) in [6, 6.07) is 0. The fraction of sp³-hybridized carbons (Fsp3) is 1.00. The quantitative estimate of drug-likeness (QED) is 0.602. The van der Waals surface area contributed by atoms with Crippen LogP contribution in [-0.4, -0.2) is 62.0 Å². The predicted octanol–water partition coefficient (Wildman–Crippen LogP) is 3.37. The van der Waals surface area contributed by atoms with Crippen LogP contribution < -0.4 is 0 Å². The Morgan fingerprint density at radius 2 is 0.636 bits per heavy atom. The van der Waals surface area contributed by atoms with Crippen LogP contribution in [0.1, 0.15) is 0 Å². The minimum atomic E-state index is -1.36. The molecule has 0 unspecified atom stereocenters. The zero-order valence-corrected chi connectivity index (χ0v) is 14.2. The van der Waals surface area contributed by atoms with Gasteiger partial charge in [0.2, 0.25) is 0 Å². The Balaban J connectivity index is -0.000000107. The van der Waals surface area contributed by atoms with E-state index in [2.05, 4.69) is 0 Å². The normalized spacial score (nSPS) is 10.9. The van der Waals surface area contributed by atoms with Crippen LogP contribution >= 0.6 is 0 Å². The summed E-state index contributed by atoms with van der Waals surface area (Å²) in [6.45, 7) is 12.0. The molecule has 0 aliphatic carbocycles. The maximum Gasteiger partial charge on any atom is 2.00 e. The van der Waals surface area contributed by atoms with E-state index in [1.54, 1.807) is 0 Å². The predicted molar refractivity (Wildman–Crippen MR) is 61.1 cm³/mol. The van der Waals surface area contributed by atoms with E-state index in [4.69, 9.17) is 10.8 Å². The first-order chi connectivity index (χ1) is 4.00. The summed E-state index contributed by atoms with van der Waals surface area (Å²) in [5.74, 6) is 0. The van der Waals surface area contributed by atoms with Gasteiger partial charge in [0.05, 0.1) is 0 Å². The number of hydrogen-bond donors (Lipinski definition) is 0. The van der Waals surface area contributed by atoms with Crippen molar-refractivity contribution in [2.24, 2.45) is 0 Å². The van der Waals surface area contributed by atoms with E-state index in [1.807, 2.05) is 39.3 Å². The Bertz CT molecular complexity index is 61.6. The fourth-order valence-electron chi connectivity index (χ4n) is 0. The molecular weight excluding hydrogens is 244 g/mol. The Hall–Kier alpha value is 1.83. The molecule has 5 heteroatoms. The summed E-state index contributed by atoms with van der Waals surface area (Å²) < 4.78 is 0. The van der Waals surface area contributed by atoms with Crippen molar-refractivity contribution < 1.29 is 0 Å². The van der Waals surface area contributed by atoms with Gasteiger partial charge in [0, 0.05) is 0 Å². The molecule has 0 spiro atoms. The van der Waals surface area contributed by atoms with Crippen molar-refractivity contribution in [3.63, 3.8) is 0 Å². The van der Waals surface area contributed by atoms with Gasteiger partial charge in [-0.05, 0) is 0 Å². The minimum absolute atomic E-state index is 0. The van der Waals surface area contributed by atoms with Crippen molar-refractivity contribution in [3.05, 3.63) is 10.8 Å². The summed E-state index contributed by atoms with van der Waals surface area (Å²) in [7, 11) is -2.72. The molecule has 0 radical (unpaired) electrons. The minimum Gasteiger partial charge on any atom is -0.680 e. The van der Waals surface area contributed by atoms with Crippen LogP contribution in [-0.2, 0) is 0 Å². The van der Waals surface area contributed by atoms with Crippen LogP contribution in [0.3, 0.4) is 0 Å². The van der Waals surface area contributed by atoms with Gasteiger partial charge in [-0.1, -0.05) is 55.8 Å². The average molecular weight is 264 g/mol. The van der Waals surface area contributed by atoms with E-state index in [1.165, 1.54) is 0 Å². The Labute approximate surface area is 111 Å². The van der Waals surface area contributed by atoms with Crippen LogP contribution in [0, 0.1) is 0 Å². The van der Waals surface area contributed by atoms with Crippen molar-refractivity contribution in [2.75, 3.05) is 0 Å². The summed E-state index contributed by atoms with van der Waals surface area (Å²) in [6.07, 6.45) is 0. The summed E-state index contributed by atoms with van der Waals surface area (Å²) in [5.41, 5.74) is 0. The van der Waals surface area contributed by atoms with Crippen molar-refractivity contribution in [2.45, 2.75) is 39.3 Å². The number of hydrogen-bond acceptors (Lipinski definition) is 0. The van der Waals surface area contributed by atoms with Gasteiger partial charge in [-0.25, -0.2) is 0 Å². The van der Waals surface area contributed by atoms with Crippen LogP contribution in [0.5, 0.6) is 0 Å². The maximum atomic E-state index is 7.08. The molecule has 0 bridgehead atoms. The molecule has 64 valence electrons. The van der Waals surface area contributed by atoms with Crippen molar-refractivity contribution in [1.29, 1.82) is 0 Å². The summed E-state index contributed by atoms with van der Waals surface area (Å²) in [5, 5.41) is 14.2. The molecule has 0 saturated carbocycles. The third kappa shape index (κ3) is 340. The average Bonchev–Trinajstić information content (AvgIpc) is 1.12. The first-order valence-corrected chi connectivity index (χ1v) is 10.5. The molecular formula is C6H20N2Si2Sr. The Morgan fingerprint density at radius 1 is 0.636 bits per heavy atom. The van der Waals surface area contributed by atoms with Gasteiger partial charge in [0.1, 0.15) is 0 Å². The third-order valence-electron chi connectivity index (χ3n) is 0. The molecule has 0 fully saturated rings. The summed E-state index contributed by atoms with van der Waals surface area (Å²) in [4.78, 5) is 0. The van der Waals surface area contributed by atoms with Gasteiger partial charge in [-0.15, -0.1) is 0 Å². The molecule has 2 N–H and O–H groups in total. The van der Waals surface area contributed by atoms with E-state index in [9.17, 15) is 0 Å². The first kappa shape index (κ1) is 18.6. The number of rotatable bonds is 0. The SMILES string of the molecule is C[Si](C)(C)[NH-].C[Si](C)(C)[NH-].[Sr+2]. The molecule has 0 aliphatic heterocycles. The molecule has 0 aromatic rings. The Kier molecular flexibility index (Phi) is 12.3. The molecule has 11 heavy (non-hydrogen) atoms. The Morgan fingerprint density at radius 3 is 0.636 bits per heavy atom. The van der Waals surface area contributed by atoms with Gasteiger partial charge >= 0.3 is 45.5 Å². The van der Waals surface area contributed by atoms with Crippen LogP contribution in [0.15, 0.2) is 0 Å². The van der Waals surface area contributed by atoms with Crippen LogP contribution in [0.2, 0.25) is 39.3 Å². The van der Waals surface area contributed by atoms with Gasteiger partial charge < -0.3 is 10.8 Å². The molecule has 0 aromatic carbocycles. The van der Waals surface area contributed by atoms with E-state index >= 15 is 0 Å². The molecule has 0 heterocycles. The molecule has 0 rings (SSSR count). The standard InChI is InChI=1S/2C3H10NSi.Sr/c2*1-5(2,3)4;/h2*4H,1-3H3;/q2*-1;+2.